The van der Waals surface area contributed by atoms with Gasteiger partial charge in [0.15, 0.2) is 0 Å². The molecule has 1 heterocycles. The molecular formula is C15H11NO2. The molecule has 0 aliphatic rings. The minimum atomic E-state index is -0.219. The lowest BCUT2D eigenvalue weighted by atomic mass is 10.1. The molecule has 0 N–H and O–H groups in total. The van der Waals surface area contributed by atoms with Gasteiger partial charge in [0.05, 0.1) is 0 Å². The van der Waals surface area contributed by atoms with E-state index in [1.807, 2.05) is 42.5 Å². The van der Waals surface area contributed by atoms with Crippen molar-refractivity contribution < 1.29 is 9.21 Å². The Hall–Kier alpha value is -2.42. The first kappa shape index (κ1) is 10.7. The van der Waals surface area contributed by atoms with Crippen LogP contribution in [0.2, 0.25) is 0 Å². The number of rotatable bonds is 1. The molecule has 3 aromatic rings. The molecule has 18 heavy (non-hydrogen) atoms. The summed E-state index contributed by atoms with van der Waals surface area (Å²) in [4.78, 5) is 14.7. The standard InChI is InChI=1S/C15H11NO2/c1-10(17)16-9-11-5-4-7-13-12-6-2-3-8-14(12)18-15(11)13/h2-9H,1H3. The zero-order valence-electron chi connectivity index (χ0n) is 9.88. The van der Waals surface area contributed by atoms with Crippen LogP contribution in [0.3, 0.4) is 0 Å². The minimum absolute atomic E-state index is 0.219. The van der Waals surface area contributed by atoms with E-state index in [2.05, 4.69) is 4.99 Å². The van der Waals surface area contributed by atoms with Crippen molar-refractivity contribution in [3.05, 3.63) is 48.0 Å². The lowest BCUT2D eigenvalue weighted by molar-refractivity contribution is -0.115. The number of carbonyl (C=O) groups excluding carboxylic acids is 1. The van der Waals surface area contributed by atoms with E-state index >= 15 is 0 Å². The molecule has 0 aliphatic carbocycles. The number of fused-ring (bicyclic) bond motifs is 3. The van der Waals surface area contributed by atoms with Gasteiger partial charge in [-0.2, -0.15) is 0 Å². The second-order valence-electron chi connectivity index (χ2n) is 4.10. The van der Waals surface area contributed by atoms with Crippen LogP contribution in [0.15, 0.2) is 51.9 Å². The maximum atomic E-state index is 10.9. The Bertz CT molecular complexity index is 768. The van der Waals surface area contributed by atoms with Crippen LogP contribution in [0.1, 0.15) is 12.5 Å². The highest BCUT2D eigenvalue weighted by atomic mass is 16.3. The Labute approximate surface area is 104 Å². The summed E-state index contributed by atoms with van der Waals surface area (Å²) >= 11 is 0. The third-order valence-electron chi connectivity index (χ3n) is 2.82. The first-order valence-corrected chi connectivity index (χ1v) is 5.70. The van der Waals surface area contributed by atoms with E-state index in [0.29, 0.717) is 0 Å². The summed E-state index contributed by atoms with van der Waals surface area (Å²) in [6.45, 7) is 1.43. The smallest absolute Gasteiger partial charge is 0.242 e. The quantitative estimate of drug-likeness (QED) is 0.607. The van der Waals surface area contributed by atoms with E-state index < -0.39 is 0 Å². The monoisotopic (exact) mass is 237 g/mol. The highest BCUT2D eigenvalue weighted by Crippen LogP contribution is 2.29. The van der Waals surface area contributed by atoms with Crippen LogP contribution < -0.4 is 0 Å². The number of hydrogen-bond acceptors (Lipinski definition) is 2. The number of aliphatic imine (C=N–C) groups is 1. The lowest BCUT2D eigenvalue weighted by Crippen LogP contribution is -1.87. The summed E-state index contributed by atoms with van der Waals surface area (Å²) in [5.74, 6) is -0.219. The van der Waals surface area contributed by atoms with Crippen molar-refractivity contribution in [1.82, 2.24) is 0 Å². The molecule has 3 rings (SSSR count). The molecule has 0 saturated heterocycles. The van der Waals surface area contributed by atoms with E-state index in [-0.39, 0.29) is 5.91 Å². The third-order valence-corrected chi connectivity index (χ3v) is 2.82. The van der Waals surface area contributed by atoms with Crippen molar-refractivity contribution in [1.29, 1.82) is 0 Å². The summed E-state index contributed by atoms with van der Waals surface area (Å²) in [7, 11) is 0. The summed E-state index contributed by atoms with van der Waals surface area (Å²) in [6.07, 6.45) is 1.55. The third kappa shape index (κ3) is 1.70. The number of furan rings is 1. The Kier molecular flexibility index (Phi) is 2.45. The maximum absolute atomic E-state index is 10.9. The molecule has 1 amide bonds. The summed E-state index contributed by atoms with van der Waals surface area (Å²) in [5.41, 5.74) is 2.43. The Morgan fingerprint density at radius 2 is 1.89 bits per heavy atom. The largest absolute Gasteiger partial charge is 0.455 e. The van der Waals surface area contributed by atoms with Crippen molar-refractivity contribution in [3.63, 3.8) is 0 Å². The average molecular weight is 237 g/mol. The van der Waals surface area contributed by atoms with Crippen molar-refractivity contribution in [2.75, 3.05) is 0 Å². The Morgan fingerprint density at radius 1 is 1.11 bits per heavy atom. The van der Waals surface area contributed by atoms with E-state index in [1.54, 1.807) is 6.21 Å². The molecule has 0 bridgehead atoms. The molecule has 0 spiro atoms. The van der Waals surface area contributed by atoms with Crippen molar-refractivity contribution in [3.8, 4) is 0 Å². The molecule has 0 fully saturated rings. The second kappa shape index (κ2) is 4.11. The number of nitrogens with zero attached hydrogens (tertiary/aromatic N) is 1. The van der Waals surface area contributed by atoms with Crippen LogP contribution in [0.25, 0.3) is 21.9 Å². The van der Waals surface area contributed by atoms with Gasteiger partial charge in [0.1, 0.15) is 11.2 Å². The first-order valence-electron chi connectivity index (χ1n) is 5.70. The molecule has 3 nitrogen and oxygen atoms in total. The summed E-state index contributed by atoms with van der Waals surface area (Å²) < 4.78 is 5.81. The first-order chi connectivity index (χ1) is 8.75. The fraction of sp³-hybridized carbons (Fsp3) is 0.0667. The molecule has 1 aromatic heterocycles. The van der Waals surface area contributed by atoms with Gasteiger partial charge < -0.3 is 4.42 Å². The Morgan fingerprint density at radius 3 is 2.72 bits per heavy atom. The number of benzene rings is 2. The van der Waals surface area contributed by atoms with Crippen LogP contribution in [-0.2, 0) is 4.79 Å². The molecule has 0 saturated carbocycles. The van der Waals surface area contributed by atoms with Gasteiger partial charge >= 0.3 is 0 Å². The molecule has 3 heteroatoms. The fourth-order valence-electron chi connectivity index (χ4n) is 2.03. The van der Waals surface area contributed by atoms with Crippen LogP contribution in [0, 0.1) is 0 Å². The number of amides is 1. The normalized spacial score (nSPS) is 11.6. The topological polar surface area (TPSA) is 42.6 Å². The van der Waals surface area contributed by atoms with E-state index in [1.165, 1.54) is 6.92 Å². The lowest BCUT2D eigenvalue weighted by Gasteiger charge is -1.93. The van der Waals surface area contributed by atoms with E-state index in [4.69, 9.17) is 4.42 Å². The zero-order valence-corrected chi connectivity index (χ0v) is 9.88. The van der Waals surface area contributed by atoms with Crippen LogP contribution in [-0.4, -0.2) is 12.1 Å². The molecular weight excluding hydrogens is 226 g/mol. The molecule has 2 aromatic carbocycles. The Balaban J connectivity index is 2.31. The molecule has 0 aliphatic heterocycles. The van der Waals surface area contributed by atoms with Crippen molar-refractivity contribution in [2.24, 2.45) is 4.99 Å². The highest BCUT2D eigenvalue weighted by Gasteiger charge is 2.08. The van der Waals surface area contributed by atoms with Gasteiger partial charge in [0.2, 0.25) is 5.91 Å². The van der Waals surface area contributed by atoms with Gasteiger partial charge in [-0.25, -0.2) is 4.99 Å². The van der Waals surface area contributed by atoms with Gasteiger partial charge in [-0.1, -0.05) is 30.3 Å². The number of hydrogen-bond donors (Lipinski definition) is 0. The van der Waals surface area contributed by atoms with Gasteiger partial charge in [0, 0.05) is 29.5 Å². The fourth-order valence-corrected chi connectivity index (χ4v) is 2.03. The second-order valence-corrected chi connectivity index (χ2v) is 4.10. The van der Waals surface area contributed by atoms with Gasteiger partial charge in [-0.15, -0.1) is 0 Å². The number of carbonyl (C=O) groups is 1. The molecule has 0 atom stereocenters. The predicted octanol–water partition coefficient (Wildman–Crippen LogP) is 3.55. The summed E-state index contributed by atoms with van der Waals surface area (Å²) in [6, 6.07) is 13.7. The predicted molar refractivity (Wildman–Crippen MR) is 72.0 cm³/mol. The number of para-hydroxylation sites is 2. The van der Waals surface area contributed by atoms with Gasteiger partial charge in [0.25, 0.3) is 0 Å². The van der Waals surface area contributed by atoms with Crippen LogP contribution >= 0.6 is 0 Å². The maximum Gasteiger partial charge on any atom is 0.242 e. The molecule has 0 radical (unpaired) electrons. The highest BCUT2D eigenvalue weighted by molar-refractivity contribution is 6.10. The van der Waals surface area contributed by atoms with E-state index in [0.717, 1.165) is 27.5 Å². The van der Waals surface area contributed by atoms with Crippen LogP contribution in [0.4, 0.5) is 0 Å². The summed E-state index contributed by atoms with van der Waals surface area (Å²) in [5, 5.41) is 2.11. The SMILES string of the molecule is CC(=O)N=Cc1cccc2c1oc1ccccc12. The van der Waals surface area contributed by atoms with Gasteiger partial charge in [-0.3, -0.25) is 4.79 Å². The molecule has 0 unspecified atom stereocenters. The van der Waals surface area contributed by atoms with Crippen molar-refractivity contribution in [2.45, 2.75) is 6.92 Å². The van der Waals surface area contributed by atoms with Crippen LogP contribution in [0.5, 0.6) is 0 Å². The van der Waals surface area contributed by atoms with Crippen molar-refractivity contribution >= 4 is 34.1 Å². The zero-order chi connectivity index (χ0) is 12.5. The minimum Gasteiger partial charge on any atom is -0.455 e. The van der Waals surface area contributed by atoms with E-state index in [9.17, 15) is 4.79 Å². The molecule has 88 valence electrons. The average Bonchev–Trinajstić information content (AvgIpc) is 2.75. The van der Waals surface area contributed by atoms with Gasteiger partial charge in [-0.05, 0) is 12.1 Å².